The molecule has 1 N–H and O–H groups in total. The van der Waals surface area contributed by atoms with Gasteiger partial charge >= 0.3 is 0 Å². The van der Waals surface area contributed by atoms with E-state index in [2.05, 4.69) is 25.9 Å². The molecule has 152 valence electrons. The monoisotopic (exact) mass is 432 g/mol. The van der Waals surface area contributed by atoms with E-state index in [-0.39, 0.29) is 12.1 Å². The average molecular weight is 433 g/mol. The van der Waals surface area contributed by atoms with Crippen molar-refractivity contribution in [2.75, 3.05) is 35.4 Å². The lowest BCUT2D eigenvalue weighted by Crippen LogP contribution is -2.56. The molecule has 10 heteroatoms. The average Bonchev–Trinajstić information content (AvgIpc) is 3.05. The molecule has 1 saturated carbocycles. The molecule has 8 nitrogen and oxygen atoms in total. The molecule has 2 aromatic rings. The predicted molar refractivity (Wildman–Crippen MR) is 111 cm³/mol. The Bertz CT molecular complexity index is 989. The number of nitrogens with zero attached hydrogens (tertiary/aromatic N) is 6. The van der Waals surface area contributed by atoms with Crippen molar-refractivity contribution < 1.29 is 9.32 Å². The van der Waals surface area contributed by atoms with Gasteiger partial charge in [-0.05, 0) is 31.3 Å². The van der Waals surface area contributed by atoms with E-state index < -0.39 is 10.8 Å². The van der Waals surface area contributed by atoms with Gasteiger partial charge in [-0.3, -0.25) is 4.21 Å². The molecule has 4 heterocycles. The molecule has 1 fully saturated rings. The van der Waals surface area contributed by atoms with E-state index in [1.807, 2.05) is 4.90 Å². The van der Waals surface area contributed by atoms with Crippen LogP contribution in [0.1, 0.15) is 31.5 Å². The second-order valence-electron chi connectivity index (χ2n) is 7.65. The summed E-state index contributed by atoms with van der Waals surface area (Å²) in [6, 6.07) is 0. The molecule has 1 aliphatic carbocycles. The van der Waals surface area contributed by atoms with Crippen LogP contribution in [0.4, 0.5) is 11.8 Å². The van der Waals surface area contributed by atoms with E-state index in [0.717, 1.165) is 37.8 Å². The fourth-order valence-corrected chi connectivity index (χ4v) is 5.50. The van der Waals surface area contributed by atoms with E-state index in [9.17, 15) is 9.32 Å². The number of aliphatic hydroxyl groups is 1. The fraction of sp³-hybridized carbons (Fsp3) is 0.474. The number of aromatic nitrogens is 4. The van der Waals surface area contributed by atoms with Gasteiger partial charge in [-0.15, -0.1) is 0 Å². The molecule has 2 aliphatic heterocycles. The first-order valence-corrected chi connectivity index (χ1v) is 11.4. The molecule has 5 rings (SSSR count). The van der Waals surface area contributed by atoms with Gasteiger partial charge < -0.3 is 14.9 Å². The first-order valence-electron chi connectivity index (χ1n) is 9.65. The first-order chi connectivity index (χ1) is 14.1. The standard InChI is InChI=1S/C19H21ClN6O2S/c20-14-8-21-16(22-9-14)13-2-6-25(7-3-13)18-23-10-15-17(24-18)26(12-29(15)28)19(11-27)4-1-5-19/h2,8-10,27H,1,3-7,11-12H2. The van der Waals surface area contributed by atoms with E-state index in [1.54, 1.807) is 18.6 Å². The van der Waals surface area contributed by atoms with Gasteiger partial charge in [0.05, 0.1) is 34.2 Å². The smallest absolute Gasteiger partial charge is 0.227 e. The van der Waals surface area contributed by atoms with Crippen LogP contribution in [0.5, 0.6) is 0 Å². The minimum Gasteiger partial charge on any atom is -0.394 e. The third-order valence-electron chi connectivity index (χ3n) is 6.02. The number of hydrogen-bond acceptors (Lipinski definition) is 8. The zero-order valence-electron chi connectivity index (χ0n) is 15.8. The molecule has 0 amide bonds. The summed E-state index contributed by atoms with van der Waals surface area (Å²) in [5.41, 5.74) is 0.753. The van der Waals surface area contributed by atoms with Crippen molar-refractivity contribution in [2.45, 2.75) is 36.1 Å². The Morgan fingerprint density at radius 3 is 2.62 bits per heavy atom. The molecule has 0 radical (unpaired) electrons. The largest absolute Gasteiger partial charge is 0.394 e. The summed E-state index contributed by atoms with van der Waals surface area (Å²) in [4.78, 5) is 22.6. The van der Waals surface area contributed by atoms with Crippen LogP contribution < -0.4 is 9.80 Å². The van der Waals surface area contributed by atoms with Gasteiger partial charge in [-0.1, -0.05) is 17.7 Å². The molecule has 0 saturated heterocycles. The lowest BCUT2D eigenvalue weighted by Gasteiger charge is -2.47. The van der Waals surface area contributed by atoms with Crippen LogP contribution >= 0.6 is 11.6 Å². The third kappa shape index (κ3) is 3.21. The van der Waals surface area contributed by atoms with Gasteiger partial charge in [0.1, 0.15) is 10.8 Å². The summed E-state index contributed by atoms with van der Waals surface area (Å²) in [5.74, 6) is 2.40. The van der Waals surface area contributed by atoms with Crippen molar-refractivity contribution in [3.8, 4) is 0 Å². The highest BCUT2D eigenvalue weighted by atomic mass is 35.5. The molecule has 2 aromatic heterocycles. The number of halogens is 1. The number of aliphatic hydroxyl groups excluding tert-OH is 1. The lowest BCUT2D eigenvalue weighted by molar-refractivity contribution is 0.119. The van der Waals surface area contributed by atoms with Gasteiger partial charge in [0.15, 0.2) is 11.6 Å². The second kappa shape index (κ2) is 7.30. The van der Waals surface area contributed by atoms with Crippen LogP contribution in [-0.2, 0) is 10.8 Å². The predicted octanol–water partition coefficient (Wildman–Crippen LogP) is 2.01. The summed E-state index contributed by atoms with van der Waals surface area (Å²) in [5, 5.41) is 10.5. The highest BCUT2D eigenvalue weighted by Crippen LogP contribution is 2.44. The number of fused-ring (bicyclic) bond motifs is 1. The maximum atomic E-state index is 12.6. The Kier molecular flexibility index (Phi) is 4.76. The minimum atomic E-state index is -1.16. The van der Waals surface area contributed by atoms with Crippen LogP contribution in [0.3, 0.4) is 0 Å². The molecule has 1 atom stereocenters. The number of anilines is 2. The number of hydrogen-bond donors (Lipinski definition) is 1. The number of rotatable bonds is 4. The quantitative estimate of drug-likeness (QED) is 0.783. The van der Waals surface area contributed by atoms with E-state index in [1.165, 1.54) is 0 Å². The molecular formula is C19H21ClN6O2S. The zero-order chi connectivity index (χ0) is 20.0. The van der Waals surface area contributed by atoms with Gasteiger partial charge in [0.25, 0.3) is 0 Å². The Hall–Kier alpha value is -2.10. The molecule has 0 aromatic carbocycles. The van der Waals surface area contributed by atoms with Crippen LogP contribution in [-0.4, -0.2) is 60.4 Å². The summed E-state index contributed by atoms with van der Waals surface area (Å²) in [7, 11) is -1.16. The van der Waals surface area contributed by atoms with Gasteiger partial charge in [-0.2, -0.15) is 4.98 Å². The van der Waals surface area contributed by atoms with Crippen molar-refractivity contribution in [1.82, 2.24) is 19.9 Å². The maximum Gasteiger partial charge on any atom is 0.227 e. The zero-order valence-corrected chi connectivity index (χ0v) is 17.4. The van der Waals surface area contributed by atoms with Crippen molar-refractivity contribution >= 4 is 39.7 Å². The SMILES string of the molecule is O=S1CN(C2(CO)CCC2)c2nc(N3CC=C(c4ncc(Cl)cn4)CC3)ncc21. The summed E-state index contributed by atoms with van der Waals surface area (Å²) in [6.07, 6.45) is 10.6. The summed E-state index contributed by atoms with van der Waals surface area (Å²) < 4.78 is 12.6. The minimum absolute atomic E-state index is 0.0554. The van der Waals surface area contributed by atoms with Gasteiger partial charge in [0.2, 0.25) is 5.95 Å². The first kappa shape index (κ1) is 18.9. The van der Waals surface area contributed by atoms with Crippen LogP contribution in [0.2, 0.25) is 5.02 Å². The van der Waals surface area contributed by atoms with Crippen LogP contribution in [0.15, 0.2) is 29.6 Å². The lowest BCUT2D eigenvalue weighted by atomic mass is 9.76. The molecule has 0 bridgehead atoms. The van der Waals surface area contributed by atoms with Crippen molar-refractivity contribution in [3.05, 3.63) is 35.5 Å². The third-order valence-corrected chi connectivity index (χ3v) is 7.49. The molecular weight excluding hydrogens is 412 g/mol. The Morgan fingerprint density at radius 1 is 1.21 bits per heavy atom. The topological polar surface area (TPSA) is 95.3 Å². The Labute approximate surface area is 176 Å². The van der Waals surface area contributed by atoms with Crippen molar-refractivity contribution in [2.24, 2.45) is 0 Å². The van der Waals surface area contributed by atoms with E-state index in [0.29, 0.717) is 39.9 Å². The van der Waals surface area contributed by atoms with Crippen molar-refractivity contribution in [3.63, 3.8) is 0 Å². The highest BCUT2D eigenvalue weighted by Gasteiger charge is 2.47. The second-order valence-corrected chi connectivity index (χ2v) is 9.47. The highest BCUT2D eigenvalue weighted by molar-refractivity contribution is 7.85. The van der Waals surface area contributed by atoms with Crippen LogP contribution in [0.25, 0.3) is 5.57 Å². The Balaban J connectivity index is 1.39. The molecule has 0 spiro atoms. The van der Waals surface area contributed by atoms with E-state index >= 15 is 0 Å². The molecule has 3 aliphatic rings. The van der Waals surface area contributed by atoms with E-state index in [4.69, 9.17) is 16.6 Å². The summed E-state index contributed by atoms with van der Waals surface area (Å²) >= 11 is 5.87. The van der Waals surface area contributed by atoms with Gasteiger partial charge in [-0.25, -0.2) is 15.0 Å². The van der Waals surface area contributed by atoms with Crippen molar-refractivity contribution in [1.29, 1.82) is 0 Å². The summed E-state index contributed by atoms with van der Waals surface area (Å²) in [6.45, 7) is 1.44. The fourth-order valence-electron chi connectivity index (χ4n) is 4.10. The van der Waals surface area contributed by atoms with Crippen LogP contribution in [0, 0.1) is 0 Å². The maximum absolute atomic E-state index is 12.6. The Morgan fingerprint density at radius 2 is 2.00 bits per heavy atom. The van der Waals surface area contributed by atoms with Gasteiger partial charge in [0, 0.05) is 25.5 Å². The normalized spacial score (nSPS) is 22.8. The molecule has 29 heavy (non-hydrogen) atoms. The molecule has 1 unspecified atom stereocenters.